The van der Waals surface area contributed by atoms with Gasteiger partial charge in [-0.3, -0.25) is 9.69 Å². The molecule has 1 aliphatic rings. The van der Waals surface area contributed by atoms with Crippen molar-refractivity contribution >= 4 is 10.9 Å². The molecule has 7 nitrogen and oxygen atoms in total. The summed E-state index contributed by atoms with van der Waals surface area (Å²) < 4.78 is 1.94. The average molecular weight is 485 g/mol. The number of rotatable bonds is 9. The molecule has 7 heteroatoms. The number of hydrogen-bond acceptors (Lipinski definition) is 5. The zero-order valence-corrected chi connectivity index (χ0v) is 21.6. The Morgan fingerprint density at radius 3 is 2.64 bits per heavy atom. The topological polar surface area (TPSA) is 79.7 Å². The average Bonchev–Trinajstić information content (AvgIpc) is 3.55. The molecule has 0 spiro atoms. The molecule has 0 bridgehead atoms. The Hall–Kier alpha value is -3.32. The smallest absolute Gasteiger partial charge is 0.252 e. The summed E-state index contributed by atoms with van der Waals surface area (Å²) >= 11 is 0. The molecule has 1 saturated carbocycles. The van der Waals surface area contributed by atoms with Gasteiger partial charge in [0, 0.05) is 29.1 Å². The van der Waals surface area contributed by atoms with Crippen LogP contribution in [0.3, 0.4) is 0 Å². The second-order valence-corrected chi connectivity index (χ2v) is 10.3. The Morgan fingerprint density at radius 2 is 1.89 bits per heavy atom. The number of fused-ring (bicyclic) bond motifs is 1. The molecule has 0 aliphatic heterocycles. The second-order valence-electron chi connectivity index (χ2n) is 10.3. The van der Waals surface area contributed by atoms with Crippen LogP contribution in [0.15, 0.2) is 53.3 Å². The van der Waals surface area contributed by atoms with Gasteiger partial charge in [-0.05, 0) is 72.4 Å². The minimum Gasteiger partial charge on any atom is -0.322 e. The molecule has 2 aromatic carbocycles. The highest BCUT2D eigenvalue weighted by atomic mass is 16.1. The Kier molecular flexibility index (Phi) is 7.28. The van der Waals surface area contributed by atoms with E-state index in [1.807, 2.05) is 22.9 Å². The van der Waals surface area contributed by atoms with Crippen molar-refractivity contribution in [1.82, 2.24) is 30.1 Å². The molecule has 1 fully saturated rings. The predicted molar refractivity (Wildman–Crippen MR) is 143 cm³/mol. The molecule has 0 saturated heterocycles. The summed E-state index contributed by atoms with van der Waals surface area (Å²) in [5, 5.41) is 14.1. The summed E-state index contributed by atoms with van der Waals surface area (Å²) in [6.45, 7) is 7.61. The summed E-state index contributed by atoms with van der Waals surface area (Å²) in [5.74, 6) is 0.886. The van der Waals surface area contributed by atoms with E-state index in [0.717, 1.165) is 53.5 Å². The number of hydrogen-bond donors (Lipinski definition) is 1. The van der Waals surface area contributed by atoms with Crippen molar-refractivity contribution in [2.24, 2.45) is 0 Å². The van der Waals surface area contributed by atoms with Crippen molar-refractivity contribution in [3.8, 4) is 0 Å². The van der Waals surface area contributed by atoms with E-state index in [4.69, 9.17) is 0 Å². The van der Waals surface area contributed by atoms with Crippen LogP contribution in [0.2, 0.25) is 0 Å². The number of H-pyrrole nitrogens is 1. The van der Waals surface area contributed by atoms with Gasteiger partial charge in [0.25, 0.3) is 5.56 Å². The SMILES string of the molecule is CCCC(c1nnnn1Cc1ccccc1)N(Cc1cc2c(C)cc(C)cc2[nH]c1=O)C1CCCC1. The molecule has 1 atom stereocenters. The number of tetrazole rings is 1. The summed E-state index contributed by atoms with van der Waals surface area (Å²) in [5.41, 5.74) is 5.23. The van der Waals surface area contributed by atoms with Gasteiger partial charge in [-0.25, -0.2) is 4.68 Å². The number of nitrogens with one attached hydrogen (secondary N) is 1. The van der Waals surface area contributed by atoms with Crippen LogP contribution in [0.4, 0.5) is 0 Å². The Labute approximate surface area is 212 Å². The van der Waals surface area contributed by atoms with Gasteiger partial charge in [-0.15, -0.1) is 5.10 Å². The van der Waals surface area contributed by atoms with Crippen LogP contribution in [-0.4, -0.2) is 36.1 Å². The highest BCUT2D eigenvalue weighted by Crippen LogP contribution is 2.34. The van der Waals surface area contributed by atoms with Crippen molar-refractivity contribution in [3.63, 3.8) is 0 Å². The maximum Gasteiger partial charge on any atom is 0.252 e. The van der Waals surface area contributed by atoms with Gasteiger partial charge in [-0.2, -0.15) is 0 Å². The monoisotopic (exact) mass is 484 g/mol. The Morgan fingerprint density at radius 1 is 1.11 bits per heavy atom. The van der Waals surface area contributed by atoms with Crippen LogP contribution >= 0.6 is 0 Å². The van der Waals surface area contributed by atoms with Gasteiger partial charge in [0.1, 0.15) is 0 Å². The molecule has 2 aromatic heterocycles. The molecular weight excluding hydrogens is 448 g/mol. The summed E-state index contributed by atoms with van der Waals surface area (Å²) in [4.78, 5) is 18.9. The minimum absolute atomic E-state index is 0.00498. The van der Waals surface area contributed by atoms with Crippen LogP contribution in [0.25, 0.3) is 10.9 Å². The zero-order valence-electron chi connectivity index (χ0n) is 21.6. The Balaban J connectivity index is 1.53. The van der Waals surface area contributed by atoms with E-state index in [1.165, 1.54) is 24.0 Å². The quantitative estimate of drug-likeness (QED) is 0.341. The van der Waals surface area contributed by atoms with Crippen LogP contribution in [0, 0.1) is 13.8 Å². The molecule has 1 N–H and O–H groups in total. The van der Waals surface area contributed by atoms with E-state index in [2.05, 4.69) is 76.5 Å². The second kappa shape index (κ2) is 10.7. The number of nitrogens with zero attached hydrogens (tertiary/aromatic N) is 5. The largest absolute Gasteiger partial charge is 0.322 e. The van der Waals surface area contributed by atoms with Gasteiger partial charge >= 0.3 is 0 Å². The summed E-state index contributed by atoms with van der Waals surface area (Å²) in [7, 11) is 0. The first-order chi connectivity index (χ1) is 17.5. The lowest BCUT2D eigenvalue weighted by molar-refractivity contribution is 0.108. The first-order valence-electron chi connectivity index (χ1n) is 13.2. The molecule has 2 heterocycles. The zero-order chi connectivity index (χ0) is 25.1. The maximum atomic E-state index is 13.3. The van der Waals surface area contributed by atoms with Gasteiger partial charge < -0.3 is 4.98 Å². The van der Waals surface area contributed by atoms with Gasteiger partial charge in [0.15, 0.2) is 5.82 Å². The number of aromatic nitrogens is 5. The van der Waals surface area contributed by atoms with E-state index in [1.54, 1.807) is 0 Å². The van der Waals surface area contributed by atoms with Crippen molar-refractivity contribution in [2.45, 2.75) is 84.5 Å². The molecule has 188 valence electrons. The first kappa shape index (κ1) is 24.4. The van der Waals surface area contributed by atoms with E-state index in [-0.39, 0.29) is 11.6 Å². The number of aryl methyl sites for hydroxylation is 2. The first-order valence-corrected chi connectivity index (χ1v) is 13.2. The molecular formula is C29H36N6O. The van der Waals surface area contributed by atoms with Crippen LogP contribution in [-0.2, 0) is 13.1 Å². The third-order valence-electron chi connectivity index (χ3n) is 7.53. The standard InChI is InChI=1S/C29H36N6O/c1-4-10-27(28-31-32-33-35(28)18-22-11-6-5-7-12-22)34(24-13-8-9-14-24)19-23-17-25-21(3)15-20(2)16-26(25)30-29(23)36/h5-7,11-12,15-17,24,27H,4,8-10,13-14,18-19H2,1-3H3,(H,30,36). The lowest BCUT2D eigenvalue weighted by Crippen LogP contribution is -2.39. The molecule has 1 unspecified atom stereocenters. The molecule has 1 aliphatic carbocycles. The van der Waals surface area contributed by atoms with Crippen LogP contribution in [0.5, 0.6) is 0 Å². The fourth-order valence-corrected chi connectivity index (χ4v) is 5.80. The van der Waals surface area contributed by atoms with Crippen molar-refractivity contribution in [3.05, 3.63) is 87.0 Å². The minimum atomic E-state index is -0.00498. The fraction of sp³-hybridized carbons (Fsp3) is 0.448. The van der Waals surface area contributed by atoms with Crippen molar-refractivity contribution in [1.29, 1.82) is 0 Å². The molecule has 0 radical (unpaired) electrons. The van der Waals surface area contributed by atoms with E-state index in [9.17, 15) is 4.79 Å². The fourth-order valence-electron chi connectivity index (χ4n) is 5.80. The molecule has 0 amide bonds. The third kappa shape index (κ3) is 5.12. The van der Waals surface area contributed by atoms with Gasteiger partial charge in [0.05, 0.1) is 12.6 Å². The number of benzene rings is 2. The van der Waals surface area contributed by atoms with Gasteiger partial charge in [0.2, 0.25) is 0 Å². The molecule has 5 rings (SSSR count). The summed E-state index contributed by atoms with van der Waals surface area (Å²) in [6.07, 6.45) is 6.69. The van der Waals surface area contributed by atoms with E-state index in [0.29, 0.717) is 19.1 Å². The van der Waals surface area contributed by atoms with Gasteiger partial charge in [-0.1, -0.05) is 62.6 Å². The highest BCUT2D eigenvalue weighted by molar-refractivity contribution is 5.83. The lowest BCUT2D eigenvalue weighted by Gasteiger charge is -2.35. The third-order valence-corrected chi connectivity index (χ3v) is 7.53. The predicted octanol–water partition coefficient (Wildman–Crippen LogP) is 5.47. The number of pyridine rings is 1. The van der Waals surface area contributed by atoms with Crippen LogP contribution in [0.1, 0.15) is 79.6 Å². The normalized spacial score (nSPS) is 15.2. The number of aromatic amines is 1. The highest BCUT2D eigenvalue weighted by Gasteiger charge is 2.33. The Bertz CT molecular complexity index is 1370. The van der Waals surface area contributed by atoms with Crippen LogP contribution < -0.4 is 5.56 Å². The van der Waals surface area contributed by atoms with Crippen molar-refractivity contribution < 1.29 is 0 Å². The molecule has 4 aromatic rings. The van der Waals surface area contributed by atoms with Crippen molar-refractivity contribution in [2.75, 3.05) is 0 Å². The molecule has 36 heavy (non-hydrogen) atoms. The van der Waals surface area contributed by atoms with E-state index < -0.39 is 0 Å². The summed E-state index contributed by atoms with van der Waals surface area (Å²) in [6, 6.07) is 17.1. The maximum absolute atomic E-state index is 13.3. The van der Waals surface area contributed by atoms with E-state index >= 15 is 0 Å². The lowest BCUT2D eigenvalue weighted by atomic mass is 10.0.